The average molecular weight is 185 g/mol. The minimum atomic E-state index is 0.520. The van der Waals surface area contributed by atoms with E-state index < -0.39 is 0 Å². The Kier molecular flexibility index (Phi) is 1.44. The van der Waals surface area contributed by atoms with Crippen LogP contribution in [0, 0.1) is 0 Å². The van der Waals surface area contributed by atoms with Gasteiger partial charge in [0.05, 0.1) is 12.5 Å². The predicted molar refractivity (Wildman–Crippen MR) is 51.7 cm³/mol. The van der Waals surface area contributed by atoms with Crippen LogP contribution in [0.4, 0.5) is 0 Å². The van der Waals surface area contributed by atoms with Crippen LogP contribution in [0.1, 0.15) is 0 Å². The third kappa shape index (κ3) is 0.956. The molecule has 3 nitrogen and oxygen atoms in total. The van der Waals surface area contributed by atoms with Crippen LogP contribution in [-0.2, 0) is 0 Å². The fourth-order valence-corrected chi connectivity index (χ4v) is 1.49. The molecular weight excluding hydrogens is 178 g/mol. The first-order chi connectivity index (χ1) is 6.95. The Morgan fingerprint density at radius 1 is 1.07 bits per heavy atom. The van der Waals surface area contributed by atoms with Gasteiger partial charge in [-0.25, -0.2) is 4.98 Å². The minimum absolute atomic E-state index is 0.520. The molecule has 3 heteroatoms. The normalized spacial score (nSPS) is 10.9. The molecule has 2 heterocycles. The second-order valence-corrected chi connectivity index (χ2v) is 2.99. The summed E-state index contributed by atoms with van der Waals surface area (Å²) in [6.45, 7) is 0. The number of oxazole rings is 1. The summed E-state index contributed by atoms with van der Waals surface area (Å²) in [5.74, 6) is 1.21. The van der Waals surface area contributed by atoms with Gasteiger partial charge in [-0.2, -0.15) is 0 Å². The molecule has 0 unspecified atom stereocenters. The predicted octanol–water partition coefficient (Wildman–Crippen LogP) is 3.09. The summed E-state index contributed by atoms with van der Waals surface area (Å²) in [6.07, 6.45) is 4.84. The van der Waals surface area contributed by atoms with E-state index in [1.165, 1.54) is 6.26 Å². The number of benzene rings is 1. The lowest BCUT2D eigenvalue weighted by molar-refractivity contribution is 0.520. The summed E-state index contributed by atoms with van der Waals surface area (Å²) < 4.78 is 10.6. The molecular formula is C11H7NO2. The van der Waals surface area contributed by atoms with Crippen molar-refractivity contribution >= 4 is 10.8 Å². The SMILES string of the molecule is c1ccc2c(-c3ncco3)occ2c1. The lowest BCUT2D eigenvalue weighted by atomic mass is 10.2. The number of hydrogen-bond acceptors (Lipinski definition) is 3. The van der Waals surface area contributed by atoms with E-state index in [1.807, 2.05) is 24.3 Å². The molecule has 3 aromatic rings. The number of nitrogens with zero attached hydrogens (tertiary/aromatic N) is 1. The zero-order valence-corrected chi connectivity index (χ0v) is 7.31. The smallest absolute Gasteiger partial charge is 0.263 e. The maximum Gasteiger partial charge on any atom is 0.263 e. The summed E-state index contributed by atoms with van der Waals surface area (Å²) in [4.78, 5) is 4.05. The van der Waals surface area contributed by atoms with Crippen LogP contribution < -0.4 is 0 Å². The largest absolute Gasteiger partial charge is 0.458 e. The van der Waals surface area contributed by atoms with E-state index in [4.69, 9.17) is 8.83 Å². The quantitative estimate of drug-likeness (QED) is 0.584. The fraction of sp³-hybridized carbons (Fsp3) is 0. The second-order valence-electron chi connectivity index (χ2n) is 2.99. The zero-order valence-electron chi connectivity index (χ0n) is 7.31. The number of furan rings is 1. The maximum absolute atomic E-state index is 5.40. The number of aromatic nitrogens is 1. The first kappa shape index (κ1) is 7.38. The lowest BCUT2D eigenvalue weighted by Gasteiger charge is -1.89. The highest BCUT2D eigenvalue weighted by Crippen LogP contribution is 2.28. The first-order valence-corrected chi connectivity index (χ1v) is 4.31. The van der Waals surface area contributed by atoms with E-state index in [1.54, 1.807) is 12.5 Å². The summed E-state index contributed by atoms with van der Waals surface area (Å²) >= 11 is 0. The summed E-state index contributed by atoms with van der Waals surface area (Å²) in [7, 11) is 0. The van der Waals surface area contributed by atoms with E-state index >= 15 is 0 Å². The van der Waals surface area contributed by atoms with Crippen molar-refractivity contribution < 1.29 is 8.83 Å². The molecule has 0 aliphatic heterocycles. The van der Waals surface area contributed by atoms with E-state index in [2.05, 4.69) is 4.98 Å². The molecule has 0 fully saturated rings. The molecule has 14 heavy (non-hydrogen) atoms. The molecule has 0 amide bonds. The number of hydrogen-bond donors (Lipinski definition) is 0. The van der Waals surface area contributed by atoms with Gasteiger partial charge in [-0.15, -0.1) is 0 Å². The van der Waals surface area contributed by atoms with Crippen LogP contribution in [0.3, 0.4) is 0 Å². The Balaban J connectivity index is 2.33. The highest BCUT2D eigenvalue weighted by Gasteiger charge is 2.11. The van der Waals surface area contributed by atoms with Crippen LogP contribution >= 0.6 is 0 Å². The van der Waals surface area contributed by atoms with Gasteiger partial charge in [0.25, 0.3) is 5.89 Å². The maximum atomic E-state index is 5.40. The number of rotatable bonds is 1. The van der Waals surface area contributed by atoms with Crippen molar-refractivity contribution in [3.8, 4) is 11.7 Å². The third-order valence-electron chi connectivity index (χ3n) is 2.14. The number of fused-ring (bicyclic) bond motifs is 1. The topological polar surface area (TPSA) is 39.2 Å². The van der Waals surface area contributed by atoms with Gasteiger partial charge in [0, 0.05) is 10.8 Å². The van der Waals surface area contributed by atoms with Gasteiger partial charge < -0.3 is 8.83 Å². The van der Waals surface area contributed by atoms with Crippen LogP contribution in [0.25, 0.3) is 22.4 Å². The Bertz CT molecular complexity index is 551. The van der Waals surface area contributed by atoms with Crippen LogP contribution in [0.5, 0.6) is 0 Å². The highest BCUT2D eigenvalue weighted by molar-refractivity contribution is 5.92. The Labute approximate surface area is 80.0 Å². The van der Waals surface area contributed by atoms with Crippen molar-refractivity contribution in [2.24, 2.45) is 0 Å². The Morgan fingerprint density at radius 3 is 2.86 bits per heavy atom. The van der Waals surface area contributed by atoms with Crippen molar-refractivity contribution in [1.82, 2.24) is 4.98 Å². The van der Waals surface area contributed by atoms with Crippen LogP contribution in [-0.4, -0.2) is 4.98 Å². The molecule has 0 bridgehead atoms. The Hall–Kier alpha value is -2.03. The van der Waals surface area contributed by atoms with Crippen molar-refractivity contribution in [2.45, 2.75) is 0 Å². The van der Waals surface area contributed by atoms with Gasteiger partial charge in [-0.05, 0) is 0 Å². The van der Waals surface area contributed by atoms with Gasteiger partial charge in [-0.1, -0.05) is 24.3 Å². The van der Waals surface area contributed by atoms with Gasteiger partial charge in [0.2, 0.25) is 0 Å². The zero-order chi connectivity index (χ0) is 9.38. The first-order valence-electron chi connectivity index (χ1n) is 4.31. The standard InChI is InChI=1S/C11H7NO2/c1-2-4-9-8(3-1)7-14-10(9)11-12-5-6-13-11/h1-7H. The van der Waals surface area contributed by atoms with Crippen LogP contribution in [0.2, 0.25) is 0 Å². The molecule has 0 radical (unpaired) electrons. The van der Waals surface area contributed by atoms with E-state index in [0.29, 0.717) is 11.7 Å². The molecule has 0 aliphatic rings. The Morgan fingerprint density at radius 2 is 2.00 bits per heavy atom. The summed E-state index contributed by atoms with van der Waals surface area (Å²) in [6, 6.07) is 7.91. The molecule has 0 saturated carbocycles. The van der Waals surface area contributed by atoms with Gasteiger partial charge in [0.15, 0.2) is 5.76 Å². The van der Waals surface area contributed by atoms with Crippen molar-refractivity contribution in [2.75, 3.05) is 0 Å². The van der Waals surface area contributed by atoms with Crippen molar-refractivity contribution in [1.29, 1.82) is 0 Å². The fourth-order valence-electron chi connectivity index (χ4n) is 1.49. The van der Waals surface area contributed by atoms with Crippen LogP contribution in [0.15, 0.2) is 51.8 Å². The monoisotopic (exact) mass is 185 g/mol. The van der Waals surface area contributed by atoms with E-state index in [9.17, 15) is 0 Å². The molecule has 3 rings (SSSR count). The van der Waals surface area contributed by atoms with Crippen molar-refractivity contribution in [3.63, 3.8) is 0 Å². The molecule has 0 saturated heterocycles. The molecule has 0 aliphatic carbocycles. The molecule has 68 valence electrons. The van der Waals surface area contributed by atoms with E-state index in [0.717, 1.165) is 10.8 Å². The minimum Gasteiger partial charge on any atom is -0.458 e. The van der Waals surface area contributed by atoms with E-state index in [-0.39, 0.29) is 0 Å². The molecule has 1 aromatic carbocycles. The highest BCUT2D eigenvalue weighted by atomic mass is 16.4. The van der Waals surface area contributed by atoms with Gasteiger partial charge in [-0.3, -0.25) is 0 Å². The second kappa shape index (κ2) is 2.73. The summed E-state index contributed by atoms with van der Waals surface area (Å²) in [5.41, 5.74) is 0. The third-order valence-corrected chi connectivity index (χ3v) is 2.14. The average Bonchev–Trinajstić information content (AvgIpc) is 2.85. The van der Waals surface area contributed by atoms with Gasteiger partial charge in [0.1, 0.15) is 6.26 Å². The van der Waals surface area contributed by atoms with Gasteiger partial charge >= 0.3 is 0 Å². The van der Waals surface area contributed by atoms with Crippen molar-refractivity contribution in [3.05, 3.63) is 43.0 Å². The summed E-state index contributed by atoms with van der Waals surface area (Å²) in [5, 5.41) is 2.08. The molecule has 0 atom stereocenters. The lowest BCUT2D eigenvalue weighted by Crippen LogP contribution is -1.72. The molecule has 0 N–H and O–H groups in total. The molecule has 0 spiro atoms. The molecule has 2 aromatic heterocycles.